The van der Waals surface area contributed by atoms with Gasteiger partial charge in [0.1, 0.15) is 84.6 Å². The van der Waals surface area contributed by atoms with Gasteiger partial charge in [0.05, 0.1) is 19.8 Å². The van der Waals surface area contributed by atoms with Crippen molar-refractivity contribution in [3.8, 4) is 0 Å². The second-order valence-electron chi connectivity index (χ2n) is 25.4. The maximum absolute atomic E-state index is 14.0. The monoisotopic (exact) mass is 1550 g/mol. The molecule has 29 N–H and O–H groups in total. The van der Waals surface area contributed by atoms with Crippen LogP contribution in [-0.4, -0.2) is 267 Å². The van der Waals surface area contributed by atoms with Crippen molar-refractivity contribution in [3.63, 3.8) is 0 Å². The van der Waals surface area contributed by atoms with Crippen LogP contribution in [0.5, 0.6) is 0 Å². The number of rotatable bonds is 56. The van der Waals surface area contributed by atoms with E-state index in [0.717, 1.165) is 20.8 Å². The van der Waals surface area contributed by atoms with Crippen molar-refractivity contribution in [1.29, 1.82) is 0 Å². The van der Waals surface area contributed by atoms with Crippen LogP contribution in [0.3, 0.4) is 0 Å². The Balaban J connectivity index is 6.40. The van der Waals surface area contributed by atoms with Gasteiger partial charge < -0.3 is 129 Å². The number of hydrogen-bond acceptors (Lipinski definition) is 25. The normalized spacial score (nSPS) is 14.9. The molecule has 0 aliphatic carbocycles. The number of carbonyl (C=O) groups excluding carboxylic acids is 16. The van der Waals surface area contributed by atoms with E-state index in [1.165, 1.54) is 18.7 Å². The molecule has 0 aliphatic heterocycles. The second kappa shape index (κ2) is 52.1. The molecule has 606 valence electrons. The number of carbonyl (C=O) groups is 19. The van der Waals surface area contributed by atoms with Crippen LogP contribution in [0.2, 0.25) is 0 Å². The van der Waals surface area contributed by atoms with Gasteiger partial charge in [-0.15, -0.1) is 0 Å². The Morgan fingerprint density at radius 2 is 0.654 bits per heavy atom. The highest BCUT2D eigenvalue weighted by Gasteiger charge is 2.36. The summed E-state index contributed by atoms with van der Waals surface area (Å²) >= 11 is 1.31. The molecular formula is C63H109N19O24S. The third kappa shape index (κ3) is 40.4. The quantitative estimate of drug-likeness (QED) is 0.0251. The Bertz CT molecular complexity index is 3060. The molecule has 0 rings (SSSR count). The number of hydrogen-bond donors (Lipinski definition) is 24. The summed E-state index contributed by atoms with van der Waals surface area (Å²) in [4.78, 5) is 247. The van der Waals surface area contributed by atoms with Gasteiger partial charge in [0, 0.05) is 25.7 Å². The molecule has 0 aromatic heterocycles. The van der Waals surface area contributed by atoms with Crippen LogP contribution in [-0.2, 0) is 91.1 Å². The van der Waals surface area contributed by atoms with Gasteiger partial charge in [-0.05, 0) is 136 Å². The number of carboxylic acid groups (broad SMARTS) is 3. The number of aliphatic carboxylic acids is 3. The van der Waals surface area contributed by atoms with Crippen molar-refractivity contribution >= 4 is 124 Å². The Morgan fingerprint density at radius 1 is 0.346 bits per heavy atom. The molecule has 16 amide bonds. The summed E-state index contributed by atoms with van der Waals surface area (Å²) in [7, 11) is 0. The maximum atomic E-state index is 14.0. The van der Waals surface area contributed by atoms with Gasteiger partial charge in [-0.2, -0.15) is 11.8 Å². The number of carboxylic acids is 3. The van der Waals surface area contributed by atoms with Crippen molar-refractivity contribution < 1.29 is 117 Å². The molecule has 43 nitrogen and oxygen atoms in total. The summed E-state index contributed by atoms with van der Waals surface area (Å²) in [5.41, 5.74) is 27.2. The Kier molecular flexibility index (Phi) is 47.3. The molecule has 0 aromatic rings. The number of primary amides is 2. The van der Waals surface area contributed by atoms with E-state index in [2.05, 4.69) is 74.4 Å². The smallest absolute Gasteiger partial charge is 0.326 e. The van der Waals surface area contributed by atoms with Gasteiger partial charge in [0.25, 0.3) is 0 Å². The van der Waals surface area contributed by atoms with E-state index in [-0.39, 0.29) is 58.0 Å². The van der Waals surface area contributed by atoms with Crippen molar-refractivity contribution in [3.05, 3.63) is 0 Å². The molecule has 0 bridgehead atoms. The summed E-state index contributed by atoms with van der Waals surface area (Å²) in [6.45, 7) is 5.62. The van der Waals surface area contributed by atoms with Gasteiger partial charge in [-0.25, -0.2) is 4.79 Å². The van der Waals surface area contributed by atoms with Crippen LogP contribution in [0.25, 0.3) is 0 Å². The summed E-state index contributed by atoms with van der Waals surface area (Å²) in [5, 5.41) is 80.9. The minimum Gasteiger partial charge on any atom is -0.481 e. The Morgan fingerprint density at radius 3 is 1.01 bits per heavy atom. The third-order valence-electron chi connectivity index (χ3n) is 15.7. The second-order valence-corrected chi connectivity index (χ2v) is 26.4. The zero-order chi connectivity index (χ0) is 81.8. The van der Waals surface area contributed by atoms with Crippen LogP contribution in [0.15, 0.2) is 0 Å². The molecule has 0 radical (unpaired) electrons. The van der Waals surface area contributed by atoms with Gasteiger partial charge in [0.15, 0.2) is 0 Å². The van der Waals surface area contributed by atoms with E-state index in [4.69, 9.17) is 28.7 Å². The number of aliphatic hydroxyl groups is 2. The first-order valence-electron chi connectivity index (χ1n) is 34.5. The van der Waals surface area contributed by atoms with Gasteiger partial charge >= 0.3 is 17.9 Å². The predicted molar refractivity (Wildman–Crippen MR) is 379 cm³/mol. The first kappa shape index (κ1) is 97.1. The van der Waals surface area contributed by atoms with Gasteiger partial charge in [-0.3, -0.25) is 86.3 Å². The highest BCUT2D eigenvalue weighted by atomic mass is 32.2. The van der Waals surface area contributed by atoms with Gasteiger partial charge in [-0.1, -0.05) is 13.8 Å². The SMILES string of the molecule is CSCC[C@H](NC(=O)[C@@H](N)CO)C(=O)N[C@@H](CCC(N)=O)C(=O)N[C@@H](C)C(=O)N[C@@H](CO)C(=O)N[C@@H](CC(C)C)C(=O)N[C@@H](CCC(=O)O)C(=O)N[C@@H](C)C(=O)N[C@@H](CCC(=O)O)C(=O)N[C@@H](C)C(=O)N[C@@H](CCCCN)C(=O)NCC(=O)N[C@@H](CCCCN)C(=O)N[C@@H](C)C(=O)N[C@@H](CCC(N)=O)C(=O)O. The van der Waals surface area contributed by atoms with Gasteiger partial charge in [0.2, 0.25) is 94.5 Å². The summed E-state index contributed by atoms with van der Waals surface area (Å²) in [5.74, 6) is -20.5. The largest absolute Gasteiger partial charge is 0.481 e. The summed E-state index contributed by atoms with van der Waals surface area (Å²) in [6.07, 6.45) is -1.53. The average Bonchev–Trinajstić information content (AvgIpc) is 0.912. The molecule has 0 aromatic carbocycles. The van der Waals surface area contributed by atoms with Crippen LogP contribution in [0.1, 0.15) is 144 Å². The molecule has 0 heterocycles. The fourth-order valence-electron chi connectivity index (χ4n) is 9.52. The van der Waals surface area contributed by atoms with Crippen LogP contribution >= 0.6 is 11.8 Å². The third-order valence-corrected chi connectivity index (χ3v) is 16.4. The molecule has 0 saturated carbocycles. The highest BCUT2D eigenvalue weighted by Crippen LogP contribution is 2.12. The zero-order valence-corrected chi connectivity index (χ0v) is 61.8. The number of unbranched alkanes of at least 4 members (excludes halogenated alkanes) is 2. The minimum atomic E-state index is -1.84. The minimum absolute atomic E-state index is 0.00846. The molecule has 0 spiro atoms. The molecule has 0 fully saturated rings. The van der Waals surface area contributed by atoms with E-state index in [9.17, 15) is 117 Å². The number of nitrogens with one attached hydrogen (secondary N) is 14. The topological polar surface area (TPSA) is 724 Å². The predicted octanol–water partition coefficient (Wildman–Crippen LogP) is -9.80. The van der Waals surface area contributed by atoms with Crippen LogP contribution in [0, 0.1) is 5.92 Å². The molecule has 0 aliphatic rings. The number of aliphatic hydroxyl groups excluding tert-OH is 2. The lowest BCUT2D eigenvalue weighted by Gasteiger charge is -2.27. The lowest BCUT2D eigenvalue weighted by Crippen LogP contribution is -2.60. The highest BCUT2D eigenvalue weighted by molar-refractivity contribution is 7.98. The van der Waals surface area contributed by atoms with Crippen molar-refractivity contribution in [1.82, 2.24) is 74.4 Å². The van der Waals surface area contributed by atoms with E-state index < -0.39 is 261 Å². The lowest BCUT2D eigenvalue weighted by molar-refractivity contribution is -0.142. The zero-order valence-electron chi connectivity index (χ0n) is 61.0. The summed E-state index contributed by atoms with van der Waals surface area (Å²) < 4.78 is 0. The van der Waals surface area contributed by atoms with E-state index in [1.807, 2.05) is 0 Å². The average molecular weight is 1550 g/mol. The molecule has 107 heavy (non-hydrogen) atoms. The maximum Gasteiger partial charge on any atom is 0.326 e. The van der Waals surface area contributed by atoms with Crippen molar-refractivity contribution in [2.75, 3.05) is 44.9 Å². The van der Waals surface area contributed by atoms with Crippen molar-refractivity contribution in [2.45, 2.75) is 229 Å². The van der Waals surface area contributed by atoms with Crippen LogP contribution < -0.4 is 103 Å². The molecular weight excluding hydrogens is 1440 g/mol. The first-order valence-corrected chi connectivity index (χ1v) is 35.9. The molecule has 0 unspecified atom stereocenters. The number of amides is 16. The van der Waals surface area contributed by atoms with Crippen LogP contribution in [0.4, 0.5) is 0 Å². The standard InChI is InChI=1S/C63H109N19O24S/c1-30(2)26-43(81-62(104)44(29-84)82-53(95)34(6)73-57(99)38(14-18-45(67)85)78-60(102)41(22-25-107-7)77-54(96)35(66)28-83)61(103)79-40(17-21-49(90)91)59(101)72-32(4)51(93)76-39(16-20-48(88)89)58(100)71-31(3)50(92)75-36(12-8-10-23-64)55(97)69-27-47(87)74-37(13-9-11-24-65)56(98)70-33(5)52(94)80-42(63(105)106)15-19-46(68)86/h30-44,83-84H,8-29,64-66H2,1-7H3,(H2,67,85)(H2,68,86)(H,69,97)(H,70,98)(H,71,100)(H,72,101)(H,73,99)(H,74,87)(H,75,92)(H,76,93)(H,77,96)(H,78,102)(H,79,103)(H,80,94)(H,81,104)(H,82,95)(H,88,89)(H,90,91)(H,105,106)/t31-,32-,33-,34-,35-,36-,37-,38-,39-,40-,41-,42-,43-,44-/m0/s1. The van der Waals surface area contributed by atoms with Crippen molar-refractivity contribution in [2.24, 2.45) is 34.6 Å². The Hall–Kier alpha value is -9.92. The Labute approximate surface area is 621 Å². The first-order chi connectivity index (χ1) is 50.2. The fourth-order valence-corrected chi connectivity index (χ4v) is 9.99. The number of thioether (sulfide) groups is 1. The van der Waals surface area contributed by atoms with E-state index in [0.29, 0.717) is 25.0 Å². The fraction of sp³-hybridized carbons (Fsp3) is 0.698. The summed E-state index contributed by atoms with van der Waals surface area (Å²) in [6, 6.07) is -21.5. The molecule has 0 saturated heterocycles. The molecule has 44 heteroatoms. The lowest BCUT2D eigenvalue weighted by atomic mass is 10.0. The van der Waals surface area contributed by atoms with E-state index >= 15 is 0 Å². The van der Waals surface area contributed by atoms with E-state index in [1.54, 1.807) is 20.1 Å². The molecule has 14 atom stereocenters. The number of nitrogens with two attached hydrogens (primary N) is 5.